The van der Waals surface area contributed by atoms with Crippen molar-refractivity contribution >= 4 is 41.5 Å². The summed E-state index contributed by atoms with van der Waals surface area (Å²) in [6.07, 6.45) is 2.79. The van der Waals surface area contributed by atoms with E-state index in [0.717, 1.165) is 55.9 Å². The minimum atomic E-state index is 0. The van der Waals surface area contributed by atoms with Crippen molar-refractivity contribution in [3.63, 3.8) is 0 Å². The predicted molar refractivity (Wildman–Crippen MR) is 136 cm³/mol. The summed E-state index contributed by atoms with van der Waals surface area (Å²) in [4.78, 5) is 9.40. The van der Waals surface area contributed by atoms with Crippen LogP contribution in [-0.2, 0) is 4.74 Å². The topological polar surface area (TPSA) is 52.1 Å². The molecule has 0 saturated carbocycles. The van der Waals surface area contributed by atoms with E-state index in [4.69, 9.17) is 16.3 Å². The second kappa shape index (κ2) is 13.1. The van der Waals surface area contributed by atoms with E-state index in [2.05, 4.69) is 51.4 Å². The Bertz CT molecular complexity index is 673. The fourth-order valence-corrected chi connectivity index (χ4v) is 4.74. The molecule has 0 amide bonds. The van der Waals surface area contributed by atoms with E-state index in [1.807, 2.05) is 19.2 Å². The van der Waals surface area contributed by atoms with Gasteiger partial charge in [0.1, 0.15) is 0 Å². The SMILES string of the molecule is CCN(CC)C(CNC(=NC)NCC1CN2CCCC2CO1)c1ccccc1Cl.I. The molecule has 3 rings (SSSR count). The molecule has 8 heteroatoms. The zero-order valence-corrected chi connectivity index (χ0v) is 21.5. The zero-order chi connectivity index (χ0) is 20.6. The van der Waals surface area contributed by atoms with Crippen LogP contribution in [0.1, 0.15) is 38.3 Å². The van der Waals surface area contributed by atoms with Gasteiger partial charge >= 0.3 is 0 Å². The van der Waals surface area contributed by atoms with Crippen LogP contribution in [0, 0.1) is 0 Å². The Kier molecular flexibility index (Phi) is 11.2. The van der Waals surface area contributed by atoms with Gasteiger partial charge in [-0.1, -0.05) is 43.6 Å². The summed E-state index contributed by atoms with van der Waals surface area (Å²) >= 11 is 6.51. The van der Waals surface area contributed by atoms with Gasteiger partial charge in [0.2, 0.25) is 0 Å². The van der Waals surface area contributed by atoms with Crippen molar-refractivity contribution in [2.45, 2.75) is 44.9 Å². The molecule has 1 aromatic carbocycles. The molecule has 3 atom stereocenters. The first kappa shape index (κ1) is 25.6. The summed E-state index contributed by atoms with van der Waals surface area (Å²) in [5.41, 5.74) is 1.15. The molecule has 2 heterocycles. The molecule has 0 bridgehead atoms. The quantitative estimate of drug-likeness (QED) is 0.296. The van der Waals surface area contributed by atoms with Crippen LogP contribution in [0.3, 0.4) is 0 Å². The third-order valence-electron chi connectivity index (χ3n) is 6.16. The lowest BCUT2D eigenvalue weighted by Crippen LogP contribution is -2.52. The third kappa shape index (κ3) is 6.69. The first-order valence-electron chi connectivity index (χ1n) is 10.9. The normalized spacial score (nSPS) is 23.0. The second-order valence-corrected chi connectivity index (χ2v) is 8.25. The summed E-state index contributed by atoms with van der Waals surface area (Å²) in [6.45, 7) is 10.9. The highest BCUT2D eigenvalue weighted by Gasteiger charge is 2.32. The van der Waals surface area contributed by atoms with Crippen molar-refractivity contribution in [2.75, 3.05) is 52.9 Å². The summed E-state index contributed by atoms with van der Waals surface area (Å²) < 4.78 is 6.06. The third-order valence-corrected chi connectivity index (χ3v) is 6.51. The summed E-state index contributed by atoms with van der Waals surface area (Å²) in [5.74, 6) is 0.807. The van der Waals surface area contributed by atoms with Crippen LogP contribution in [0.25, 0.3) is 0 Å². The lowest BCUT2D eigenvalue weighted by atomic mass is 10.0. The molecule has 2 aliphatic heterocycles. The highest BCUT2D eigenvalue weighted by Crippen LogP contribution is 2.27. The van der Waals surface area contributed by atoms with Crippen LogP contribution >= 0.6 is 35.6 Å². The van der Waals surface area contributed by atoms with Crippen molar-refractivity contribution in [2.24, 2.45) is 4.99 Å². The minimum Gasteiger partial charge on any atom is -0.373 e. The number of guanidine groups is 1. The molecule has 30 heavy (non-hydrogen) atoms. The summed E-state index contributed by atoms with van der Waals surface area (Å²) in [7, 11) is 1.81. The van der Waals surface area contributed by atoms with Crippen LogP contribution in [-0.4, -0.2) is 80.8 Å². The molecule has 0 aliphatic carbocycles. The molecule has 3 unspecified atom stereocenters. The Hall–Kier alpha value is -0.610. The molecule has 2 saturated heterocycles. The lowest BCUT2D eigenvalue weighted by molar-refractivity contribution is -0.0453. The number of hydrogen-bond acceptors (Lipinski definition) is 4. The Morgan fingerprint density at radius 3 is 2.77 bits per heavy atom. The van der Waals surface area contributed by atoms with Gasteiger partial charge in [-0.25, -0.2) is 0 Å². The molecule has 0 radical (unpaired) electrons. The number of aliphatic imine (C=N–C) groups is 1. The van der Waals surface area contributed by atoms with Gasteiger partial charge in [-0.2, -0.15) is 0 Å². The van der Waals surface area contributed by atoms with Gasteiger partial charge < -0.3 is 15.4 Å². The first-order chi connectivity index (χ1) is 14.2. The molecular weight excluding hydrogens is 513 g/mol. The largest absolute Gasteiger partial charge is 0.373 e. The van der Waals surface area contributed by atoms with Gasteiger partial charge in [-0.15, -0.1) is 24.0 Å². The fraction of sp³-hybridized carbons (Fsp3) is 0.682. The van der Waals surface area contributed by atoms with Crippen LogP contribution in [0.2, 0.25) is 5.02 Å². The van der Waals surface area contributed by atoms with Crippen molar-refractivity contribution in [3.05, 3.63) is 34.9 Å². The Morgan fingerprint density at radius 1 is 1.30 bits per heavy atom. The van der Waals surface area contributed by atoms with E-state index in [1.165, 1.54) is 19.4 Å². The van der Waals surface area contributed by atoms with E-state index in [-0.39, 0.29) is 36.1 Å². The van der Waals surface area contributed by atoms with Crippen LogP contribution < -0.4 is 10.6 Å². The lowest BCUT2D eigenvalue weighted by Gasteiger charge is -2.35. The van der Waals surface area contributed by atoms with E-state index >= 15 is 0 Å². The van der Waals surface area contributed by atoms with Crippen LogP contribution in [0.5, 0.6) is 0 Å². The number of ether oxygens (including phenoxy) is 1. The number of hydrogen-bond donors (Lipinski definition) is 2. The van der Waals surface area contributed by atoms with Crippen LogP contribution in [0.4, 0.5) is 0 Å². The molecule has 0 aromatic heterocycles. The van der Waals surface area contributed by atoms with Crippen molar-refractivity contribution in [3.8, 4) is 0 Å². The molecule has 2 aliphatic rings. The number of rotatable bonds is 8. The van der Waals surface area contributed by atoms with E-state index < -0.39 is 0 Å². The Balaban J connectivity index is 0.00000320. The van der Waals surface area contributed by atoms with Gasteiger partial charge in [0, 0.05) is 37.7 Å². The molecule has 6 nitrogen and oxygen atoms in total. The average Bonchev–Trinajstić information content (AvgIpc) is 3.21. The molecule has 2 fully saturated rings. The number of nitrogens with one attached hydrogen (secondary N) is 2. The van der Waals surface area contributed by atoms with Gasteiger partial charge in [0.05, 0.1) is 18.8 Å². The highest BCUT2D eigenvalue weighted by atomic mass is 127. The van der Waals surface area contributed by atoms with E-state index in [9.17, 15) is 0 Å². The standard InChI is InChI=1S/C22H36ClN5O.HI/c1-4-27(5-2)21(19-10-6-7-11-20(19)23)14-26-22(24-3)25-13-18-15-28-12-8-9-17(28)16-29-18;/h6-7,10-11,17-18,21H,4-5,8-9,12-16H2,1-3H3,(H2,24,25,26);1H. The fourth-order valence-electron chi connectivity index (χ4n) is 4.48. The van der Waals surface area contributed by atoms with E-state index in [1.54, 1.807) is 0 Å². The monoisotopic (exact) mass is 549 g/mol. The van der Waals surface area contributed by atoms with Gasteiger partial charge in [-0.05, 0) is 44.1 Å². The van der Waals surface area contributed by atoms with Gasteiger partial charge in [0.15, 0.2) is 5.96 Å². The average molecular weight is 550 g/mol. The Labute approximate surface area is 203 Å². The minimum absolute atomic E-state index is 0. The predicted octanol–water partition coefficient (Wildman–Crippen LogP) is 3.37. The summed E-state index contributed by atoms with van der Waals surface area (Å²) in [5, 5.41) is 7.76. The summed E-state index contributed by atoms with van der Waals surface area (Å²) in [6, 6.07) is 8.94. The second-order valence-electron chi connectivity index (χ2n) is 7.84. The number of fused-ring (bicyclic) bond motifs is 1. The molecule has 170 valence electrons. The van der Waals surface area contributed by atoms with Crippen molar-refractivity contribution in [1.29, 1.82) is 0 Å². The smallest absolute Gasteiger partial charge is 0.191 e. The van der Waals surface area contributed by atoms with Crippen molar-refractivity contribution < 1.29 is 4.74 Å². The number of halogens is 2. The molecular formula is C22H37ClIN5O. The number of morpholine rings is 1. The number of nitrogens with zero attached hydrogens (tertiary/aromatic N) is 3. The van der Waals surface area contributed by atoms with Crippen LogP contribution in [0.15, 0.2) is 29.3 Å². The maximum atomic E-state index is 6.51. The molecule has 0 spiro atoms. The number of benzene rings is 1. The van der Waals surface area contributed by atoms with Gasteiger partial charge in [0.25, 0.3) is 0 Å². The maximum absolute atomic E-state index is 6.51. The zero-order valence-electron chi connectivity index (χ0n) is 18.4. The van der Waals surface area contributed by atoms with Crippen molar-refractivity contribution in [1.82, 2.24) is 20.4 Å². The highest BCUT2D eigenvalue weighted by molar-refractivity contribution is 14.0. The number of likely N-dealkylation sites (N-methyl/N-ethyl adjacent to an activating group) is 1. The maximum Gasteiger partial charge on any atom is 0.191 e. The van der Waals surface area contributed by atoms with E-state index in [0.29, 0.717) is 6.04 Å². The molecule has 1 aromatic rings. The van der Waals surface area contributed by atoms with Gasteiger partial charge in [-0.3, -0.25) is 14.8 Å². The Morgan fingerprint density at radius 2 is 2.07 bits per heavy atom. The first-order valence-corrected chi connectivity index (χ1v) is 11.3. The molecule has 2 N–H and O–H groups in total.